The molecule has 0 spiro atoms. The quantitative estimate of drug-likeness (QED) is 0.427. The van der Waals surface area contributed by atoms with Crippen LogP contribution in [0.15, 0.2) is 41.2 Å². The minimum atomic E-state index is -0.688. The first-order chi connectivity index (χ1) is 12.9. The van der Waals surface area contributed by atoms with Gasteiger partial charge in [-0.25, -0.2) is 9.97 Å². The van der Waals surface area contributed by atoms with Crippen LogP contribution in [0, 0.1) is 17.0 Å². The summed E-state index contributed by atoms with van der Waals surface area (Å²) in [5, 5.41) is 18.3. The molecule has 3 rings (SSSR count). The van der Waals surface area contributed by atoms with E-state index in [0.717, 1.165) is 6.33 Å². The monoisotopic (exact) mass is 389 g/mol. The smallest absolute Gasteiger partial charge is 0.355 e. The van der Waals surface area contributed by atoms with Gasteiger partial charge in [0.25, 0.3) is 5.91 Å². The average molecular weight is 390 g/mol. The first-order valence-corrected chi connectivity index (χ1v) is 7.83. The minimum absolute atomic E-state index is 0.119. The number of nitrogens with zero attached hydrogens (tertiary/aromatic N) is 4. The molecule has 3 aromatic rings. The second kappa shape index (κ2) is 7.66. The topological polar surface area (TPSA) is 148 Å². The van der Waals surface area contributed by atoms with Crippen LogP contribution in [-0.2, 0) is 0 Å². The number of rotatable bonds is 6. The van der Waals surface area contributed by atoms with Crippen molar-refractivity contribution < 1.29 is 14.2 Å². The second-order valence-corrected chi connectivity index (χ2v) is 5.65. The van der Waals surface area contributed by atoms with Crippen molar-refractivity contribution in [3.05, 3.63) is 63.1 Å². The third kappa shape index (κ3) is 4.27. The third-order valence-corrected chi connectivity index (χ3v) is 3.53. The zero-order valence-corrected chi connectivity index (χ0v) is 14.5. The Labute approximate surface area is 156 Å². The van der Waals surface area contributed by atoms with E-state index in [1.165, 1.54) is 12.1 Å². The number of nitrogens with one attached hydrogen (secondary N) is 3. The van der Waals surface area contributed by atoms with E-state index < -0.39 is 16.5 Å². The largest absolute Gasteiger partial charge is 0.360 e. The molecule has 27 heavy (non-hydrogen) atoms. The van der Waals surface area contributed by atoms with Crippen molar-refractivity contribution in [1.82, 2.24) is 20.6 Å². The molecule has 11 nitrogen and oxygen atoms in total. The molecule has 2 heterocycles. The summed E-state index contributed by atoms with van der Waals surface area (Å²) in [4.78, 5) is 30.5. The number of nitro groups is 1. The van der Waals surface area contributed by atoms with E-state index in [0.29, 0.717) is 16.3 Å². The van der Waals surface area contributed by atoms with Crippen LogP contribution in [-0.4, -0.2) is 26.0 Å². The summed E-state index contributed by atoms with van der Waals surface area (Å²) in [6.07, 6.45) is 1.10. The number of hydrazine groups is 1. The van der Waals surface area contributed by atoms with Gasteiger partial charge >= 0.3 is 5.69 Å². The molecule has 0 fully saturated rings. The van der Waals surface area contributed by atoms with Crippen LogP contribution in [0.3, 0.4) is 0 Å². The van der Waals surface area contributed by atoms with E-state index in [-0.39, 0.29) is 17.5 Å². The van der Waals surface area contributed by atoms with Gasteiger partial charge in [0.05, 0.1) is 4.92 Å². The molecule has 0 atom stereocenters. The molecule has 0 aliphatic rings. The minimum Gasteiger partial charge on any atom is -0.360 e. The fourth-order valence-corrected chi connectivity index (χ4v) is 2.20. The van der Waals surface area contributed by atoms with Gasteiger partial charge in [-0.1, -0.05) is 16.8 Å². The molecular formula is C15H12ClN7O4. The van der Waals surface area contributed by atoms with E-state index in [1.807, 2.05) is 0 Å². The van der Waals surface area contributed by atoms with E-state index >= 15 is 0 Å². The van der Waals surface area contributed by atoms with Crippen LogP contribution in [0.1, 0.15) is 16.1 Å². The molecule has 3 N–H and O–H groups in total. The van der Waals surface area contributed by atoms with Crippen molar-refractivity contribution >= 4 is 40.6 Å². The second-order valence-electron chi connectivity index (χ2n) is 5.21. The molecule has 0 saturated heterocycles. The number of amides is 1. The van der Waals surface area contributed by atoms with Gasteiger partial charge < -0.3 is 9.84 Å². The van der Waals surface area contributed by atoms with Gasteiger partial charge in [0, 0.05) is 16.7 Å². The highest BCUT2D eigenvalue weighted by atomic mass is 35.5. The maximum Gasteiger partial charge on any atom is 0.355 e. The van der Waals surface area contributed by atoms with E-state index in [2.05, 4.69) is 31.3 Å². The van der Waals surface area contributed by atoms with Gasteiger partial charge in [0.15, 0.2) is 5.82 Å². The SMILES string of the molecule is Cc1cc(Nc2ncnc(NNC(=O)c3ccc(Cl)cc3)c2[N+](=O)[O-])no1. The Morgan fingerprint density at radius 2 is 1.93 bits per heavy atom. The molecule has 0 saturated carbocycles. The first-order valence-electron chi connectivity index (χ1n) is 7.45. The van der Waals surface area contributed by atoms with Crippen LogP contribution >= 0.6 is 11.6 Å². The molecule has 1 aromatic carbocycles. The lowest BCUT2D eigenvalue weighted by atomic mass is 10.2. The molecule has 0 radical (unpaired) electrons. The first kappa shape index (κ1) is 18.1. The molecule has 0 bridgehead atoms. The Morgan fingerprint density at radius 3 is 2.56 bits per heavy atom. The van der Waals surface area contributed by atoms with E-state index in [9.17, 15) is 14.9 Å². The summed E-state index contributed by atoms with van der Waals surface area (Å²) in [7, 11) is 0. The number of hydrogen-bond acceptors (Lipinski definition) is 9. The van der Waals surface area contributed by atoms with Gasteiger partial charge in [0.1, 0.15) is 12.1 Å². The van der Waals surface area contributed by atoms with Crippen LogP contribution in [0.25, 0.3) is 0 Å². The van der Waals surface area contributed by atoms with Gasteiger partial charge in [-0.15, -0.1) is 0 Å². The number of anilines is 3. The lowest BCUT2D eigenvalue weighted by Gasteiger charge is -2.10. The van der Waals surface area contributed by atoms with Crippen molar-refractivity contribution in [1.29, 1.82) is 0 Å². The zero-order valence-electron chi connectivity index (χ0n) is 13.8. The summed E-state index contributed by atoms with van der Waals surface area (Å²) in [6.45, 7) is 1.67. The Bertz CT molecular complexity index is 990. The normalized spacial score (nSPS) is 10.3. The standard InChI is InChI=1S/C15H12ClN7O4/c1-8-6-11(22-27-8)19-13-12(23(25)26)14(18-7-17-13)20-21-15(24)9-2-4-10(16)5-3-9/h2-7H,1H3,(H,21,24)(H2,17,18,19,20,22). The molecule has 0 aliphatic heterocycles. The Morgan fingerprint density at radius 1 is 1.22 bits per heavy atom. The number of hydrogen-bond donors (Lipinski definition) is 3. The van der Waals surface area contributed by atoms with Crippen molar-refractivity contribution in [2.75, 3.05) is 10.7 Å². The molecule has 1 amide bonds. The summed E-state index contributed by atoms with van der Waals surface area (Å²) in [5.74, 6) is -0.0963. The van der Waals surface area contributed by atoms with Gasteiger partial charge in [0.2, 0.25) is 11.6 Å². The fraction of sp³-hybridized carbons (Fsp3) is 0.0667. The van der Waals surface area contributed by atoms with E-state index in [1.54, 1.807) is 25.1 Å². The van der Waals surface area contributed by atoms with Crippen molar-refractivity contribution in [3.63, 3.8) is 0 Å². The number of aryl methyl sites for hydroxylation is 1. The molecule has 138 valence electrons. The summed E-state index contributed by atoms with van der Waals surface area (Å²) >= 11 is 5.77. The Kier molecular flexibility index (Phi) is 5.13. The van der Waals surface area contributed by atoms with Gasteiger partial charge in [-0.3, -0.25) is 25.8 Å². The van der Waals surface area contributed by atoms with Crippen LogP contribution in [0.4, 0.5) is 23.1 Å². The average Bonchev–Trinajstić information content (AvgIpc) is 3.05. The molecule has 12 heteroatoms. The van der Waals surface area contributed by atoms with Crippen molar-refractivity contribution in [3.8, 4) is 0 Å². The highest BCUT2D eigenvalue weighted by Crippen LogP contribution is 2.30. The highest BCUT2D eigenvalue weighted by molar-refractivity contribution is 6.30. The lowest BCUT2D eigenvalue weighted by molar-refractivity contribution is -0.383. The third-order valence-electron chi connectivity index (χ3n) is 3.28. The summed E-state index contributed by atoms with van der Waals surface area (Å²) in [6, 6.07) is 7.65. The van der Waals surface area contributed by atoms with E-state index in [4.69, 9.17) is 16.1 Å². The highest BCUT2D eigenvalue weighted by Gasteiger charge is 2.24. The van der Waals surface area contributed by atoms with Gasteiger partial charge in [-0.05, 0) is 31.2 Å². The number of carbonyl (C=O) groups is 1. The Balaban J connectivity index is 1.80. The van der Waals surface area contributed by atoms with Crippen LogP contribution in [0.5, 0.6) is 0 Å². The summed E-state index contributed by atoms with van der Waals surface area (Å²) in [5.41, 5.74) is 4.59. The summed E-state index contributed by atoms with van der Waals surface area (Å²) < 4.78 is 4.90. The van der Waals surface area contributed by atoms with Crippen molar-refractivity contribution in [2.45, 2.75) is 6.92 Å². The predicted molar refractivity (Wildman–Crippen MR) is 95.8 cm³/mol. The fourth-order valence-electron chi connectivity index (χ4n) is 2.07. The van der Waals surface area contributed by atoms with Gasteiger partial charge in [-0.2, -0.15) is 0 Å². The van der Waals surface area contributed by atoms with Crippen molar-refractivity contribution in [2.24, 2.45) is 0 Å². The lowest BCUT2D eigenvalue weighted by Crippen LogP contribution is -2.30. The molecule has 2 aromatic heterocycles. The maximum atomic E-state index is 12.1. The number of carbonyl (C=O) groups excluding carboxylic acids is 1. The predicted octanol–water partition coefficient (Wildman–Crippen LogP) is 2.84. The number of halogens is 1. The number of aromatic nitrogens is 3. The molecule has 0 unspecified atom stereocenters. The maximum absolute atomic E-state index is 12.1. The number of benzene rings is 1. The molecule has 0 aliphatic carbocycles. The van der Waals surface area contributed by atoms with Crippen LogP contribution in [0.2, 0.25) is 5.02 Å². The zero-order chi connectivity index (χ0) is 19.4. The Hall–Kier alpha value is -3.73. The molecular weight excluding hydrogens is 378 g/mol. The van der Waals surface area contributed by atoms with Crippen LogP contribution < -0.4 is 16.2 Å².